The van der Waals surface area contributed by atoms with Crippen LogP contribution in [-0.2, 0) is 27.2 Å². The van der Waals surface area contributed by atoms with Crippen LogP contribution in [0.4, 0.5) is 0 Å². The van der Waals surface area contributed by atoms with Gasteiger partial charge in [-0.05, 0) is 73.3 Å². The Bertz CT molecular complexity index is 1460. The second-order valence-electron chi connectivity index (χ2n) is 12.6. The first-order chi connectivity index (χ1) is 18.7. The number of aromatic hydroxyl groups is 2. The Morgan fingerprint density at radius 3 is 2.20 bits per heavy atom. The van der Waals surface area contributed by atoms with Crippen molar-refractivity contribution in [1.29, 1.82) is 0 Å². The number of ketones is 2. The molecule has 2 fully saturated rings. The van der Waals surface area contributed by atoms with E-state index in [0.29, 0.717) is 23.1 Å². The first-order valence-electron chi connectivity index (χ1n) is 13.9. The van der Waals surface area contributed by atoms with Crippen LogP contribution in [0.1, 0.15) is 82.8 Å². The molecule has 1 aromatic rings. The maximum Gasteiger partial charge on any atom is 0.200 e. The van der Waals surface area contributed by atoms with Crippen LogP contribution in [0.25, 0.3) is 0 Å². The van der Waals surface area contributed by atoms with Gasteiger partial charge in [-0.1, -0.05) is 35.5 Å². The van der Waals surface area contributed by atoms with Crippen LogP contribution in [0.2, 0.25) is 0 Å². The standard InChI is InChI=1S/C33H38O7/c1-17(2)8-10-21-26(35)22(11-9-18(3)4)29-25(27(21)36)28(37)23-14-20-15-24-31(6,7)40-32(30(20)38,33(23,24)39-29)13-12-19(5)16-34/h8-9,12,14,16,20,24,35-36H,10-11,13,15H2,1-7H3. The average Bonchev–Trinajstić information content (AvgIpc) is 3.03. The molecule has 212 valence electrons. The molecule has 6 rings (SSSR count). The Morgan fingerprint density at radius 2 is 1.60 bits per heavy atom. The first-order valence-corrected chi connectivity index (χ1v) is 13.9. The SMILES string of the molecule is CC(C)=CCc1c(O)c(CC=C(C)C)c2c(c1O)C(=O)C1=CC3CC4C(C)(C)OC(CC=C(C)C=O)(C3=O)C14O2. The summed E-state index contributed by atoms with van der Waals surface area (Å²) >= 11 is 0. The number of allylic oxidation sites excluding steroid dienone is 6. The molecule has 4 bridgehead atoms. The highest BCUT2D eigenvalue weighted by atomic mass is 16.6. The first kappa shape index (κ1) is 28.1. The van der Waals surface area contributed by atoms with Crippen molar-refractivity contribution >= 4 is 17.9 Å². The number of carbonyl (C=O) groups is 3. The van der Waals surface area contributed by atoms with E-state index in [4.69, 9.17) is 9.47 Å². The smallest absolute Gasteiger partial charge is 0.200 e. The fraction of sp³-hybridized carbons (Fsp3) is 0.485. The molecule has 4 atom stereocenters. The molecule has 7 heteroatoms. The number of ether oxygens (including phenoxy) is 2. The molecule has 40 heavy (non-hydrogen) atoms. The summed E-state index contributed by atoms with van der Waals surface area (Å²) in [5.41, 5.74) is -0.386. The predicted octanol–water partition coefficient (Wildman–Crippen LogP) is 5.66. The lowest BCUT2D eigenvalue weighted by molar-refractivity contribution is -0.171. The van der Waals surface area contributed by atoms with Crippen molar-refractivity contribution in [3.63, 3.8) is 0 Å². The number of Topliss-reactive ketones (excluding diaryl/α,β-unsaturated/α-hetero) is 2. The Balaban J connectivity index is 1.82. The van der Waals surface area contributed by atoms with E-state index < -0.39 is 28.5 Å². The van der Waals surface area contributed by atoms with E-state index in [9.17, 15) is 24.6 Å². The molecule has 7 nitrogen and oxygen atoms in total. The van der Waals surface area contributed by atoms with Gasteiger partial charge in [0.25, 0.3) is 0 Å². The molecule has 0 aromatic heterocycles. The van der Waals surface area contributed by atoms with Crippen molar-refractivity contribution in [2.24, 2.45) is 11.8 Å². The fourth-order valence-electron chi connectivity index (χ4n) is 7.11. The van der Waals surface area contributed by atoms with Gasteiger partial charge in [0.05, 0.1) is 5.60 Å². The third-order valence-electron chi connectivity index (χ3n) is 9.02. The van der Waals surface area contributed by atoms with Crippen molar-refractivity contribution in [3.8, 4) is 17.2 Å². The zero-order valence-corrected chi connectivity index (χ0v) is 24.3. The van der Waals surface area contributed by atoms with E-state index in [1.54, 1.807) is 19.1 Å². The summed E-state index contributed by atoms with van der Waals surface area (Å²) in [6.07, 6.45) is 8.92. The number of phenols is 2. The maximum atomic E-state index is 14.5. The fourth-order valence-corrected chi connectivity index (χ4v) is 7.11. The molecule has 4 unspecified atom stereocenters. The summed E-state index contributed by atoms with van der Waals surface area (Å²) in [5, 5.41) is 23.0. The van der Waals surface area contributed by atoms with Gasteiger partial charge in [-0.25, -0.2) is 0 Å². The number of phenolic OH excluding ortho intramolecular Hbond substituents is 2. The third-order valence-corrected chi connectivity index (χ3v) is 9.02. The lowest BCUT2D eigenvalue weighted by Gasteiger charge is -2.56. The number of carbonyl (C=O) groups excluding carboxylic acids is 3. The number of benzene rings is 1. The minimum Gasteiger partial charge on any atom is -0.507 e. The summed E-state index contributed by atoms with van der Waals surface area (Å²) in [5.74, 6) is -1.83. The maximum absolute atomic E-state index is 14.5. The van der Waals surface area contributed by atoms with E-state index in [1.165, 1.54) is 0 Å². The van der Waals surface area contributed by atoms with E-state index in [-0.39, 0.29) is 59.3 Å². The second kappa shape index (κ2) is 9.30. The highest BCUT2D eigenvalue weighted by Crippen LogP contribution is 2.68. The Hall–Kier alpha value is -3.45. The summed E-state index contributed by atoms with van der Waals surface area (Å²) < 4.78 is 13.6. The second-order valence-corrected chi connectivity index (χ2v) is 12.6. The molecule has 2 heterocycles. The van der Waals surface area contributed by atoms with Gasteiger partial charge in [-0.15, -0.1) is 0 Å². The quantitative estimate of drug-likeness (QED) is 0.258. The van der Waals surface area contributed by atoms with E-state index in [2.05, 4.69) is 0 Å². The predicted molar refractivity (Wildman–Crippen MR) is 151 cm³/mol. The van der Waals surface area contributed by atoms with E-state index in [1.807, 2.05) is 53.7 Å². The highest BCUT2D eigenvalue weighted by molar-refractivity contribution is 6.18. The molecule has 5 aliphatic rings. The lowest BCUT2D eigenvalue weighted by Crippen LogP contribution is -2.72. The molecule has 2 N–H and O–H groups in total. The van der Waals surface area contributed by atoms with Gasteiger partial charge in [-0.3, -0.25) is 14.4 Å². The molecule has 1 aromatic carbocycles. The molecule has 1 saturated carbocycles. The average molecular weight is 547 g/mol. The van der Waals surface area contributed by atoms with Crippen LogP contribution < -0.4 is 4.74 Å². The topological polar surface area (TPSA) is 110 Å². The van der Waals surface area contributed by atoms with Gasteiger partial charge in [0.1, 0.15) is 29.1 Å². The number of hydrogen-bond donors (Lipinski definition) is 2. The van der Waals surface area contributed by atoms with Gasteiger partial charge in [0.15, 0.2) is 22.8 Å². The molecule has 1 saturated heterocycles. The van der Waals surface area contributed by atoms with E-state index >= 15 is 0 Å². The molecule has 1 spiro atoms. The van der Waals surface area contributed by atoms with Gasteiger partial charge >= 0.3 is 0 Å². The van der Waals surface area contributed by atoms with Crippen molar-refractivity contribution in [2.75, 3.05) is 0 Å². The van der Waals surface area contributed by atoms with E-state index in [0.717, 1.165) is 17.4 Å². The number of rotatable bonds is 7. The molecular weight excluding hydrogens is 508 g/mol. The van der Waals surface area contributed by atoms with Gasteiger partial charge < -0.3 is 19.7 Å². The van der Waals surface area contributed by atoms with Gasteiger partial charge in [-0.2, -0.15) is 0 Å². The van der Waals surface area contributed by atoms with Crippen LogP contribution in [0, 0.1) is 11.8 Å². The van der Waals surface area contributed by atoms with Crippen molar-refractivity contribution in [2.45, 2.75) is 91.0 Å². The van der Waals surface area contributed by atoms with Gasteiger partial charge in [0.2, 0.25) is 0 Å². The van der Waals surface area contributed by atoms with Crippen LogP contribution in [-0.4, -0.2) is 44.9 Å². The number of aldehydes is 1. The Labute approximate surface area is 235 Å². The van der Waals surface area contributed by atoms with Crippen molar-refractivity contribution < 1.29 is 34.1 Å². The molecular formula is C33H38O7. The van der Waals surface area contributed by atoms with Crippen LogP contribution >= 0.6 is 0 Å². The zero-order chi connectivity index (χ0) is 29.4. The van der Waals surface area contributed by atoms with Crippen LogP contribution in [0.3, 0.4) is 0 Å². The molecule has 3 aliphatic carbocycles. The monoisotopic (exact) mass is 546 g/mol. The summed E-state index contributed by atoms with van der Waals surface area (Å²) in [4.78, 5) is 40.0. The highest BCUT2D eigenvalue weighted by Gasteiger charge is 2.81. The number of hydrogen-bond acceptors (Lipinski definition) is 7. The van der Waals surface area contributed by atoms with Crippen LogP contribution in [0.15, 0.2) is 46.6 Å². The molecule has 0 amide bonds. The van der Waals surface area contributed by atoms with Gasteiger partial charge in [0, 0.05) is 35.0 Å². The minimum absolute atomic E-state index is 0.0101. The van der Waals surface area contributed by atoms with Crippen LogP contribution in [0.5, 0.6) is 17.2 Å². The largest absolute Gasteiger partial charge is 0.507 e. The van der Waals surface area contributed by atoms with Crippen molar-refractivity contribution in [1.82, 2.24) is 0 Å². The Kier molecular flexibility index (Phi) is 6.53. The normalized spacial score (nSPS) is 29.3. The Morgan fingerprint density at radius 1 is 0.975 bits per heavy atom. The minimum atomic E-state index is -1.54. The zero-order valence-electron chi connectivity index (χ0n) is 24.3. The third kappa shape index (κ3) is 3.70. The summed E-state index contributed by atoms with van der Waals surface area (Å²) in [7, 11) is 0. The van der Waals surface area contributed by atoms with Crippen molar-refractivity contribution in [3.05, 3.63) is 63.3 Å². The summed E-state index contributed by atoms with van der Waals surface area (Å²) in [6, 6.07) is 0. The lowest BCUT2D eigenvalue weighted by atomic mass is 9.51. The number of fused-ring (bicyclic) bond motifs is 1. The molecule has 0 radical (unpaired) electrons. The summed E-state index contributed by atoms with van der Waals surface area (Å²) in [6.45, 7) is 13.2. The molecule has 2 aliphatic heterocycles.